The van der Waals surface area contributed by atoms with E-state index in [1.807, 2.05) is 0 Å². The second kappa shape index (κ2) is 8.64. The number of alkyl halides is 3. The maximum absolute atomic E-state index is 12.9. The number of carbonyl (C=O) groups excluding carboxylic acids is 1. The number of benzene rings is 2. The molecule has 2 saturated heterocycles. The van der Waals surface area contributed by atoms with Crippen molar-refractivity contribution in [1.82, 2.24) is 4.90 Å². The first-order valence-corrected chi connectivity index (χ1v) is 12.3. The molecule has 0 bridgehead atoms. The summed E-state index contributed by atoms with van der Waals surface area (Å²) in [7, 11) is -1.61. The lowest BCUT2D eigenvalue weighted by molar-refractivity contribution is -0.137. The number of rotatable bonds is 5. The van der Waals surface area contributed by atoms with Gasteiger partial charge in [-0.15, -0.1) is 0 Å². The van der Waals surface area contributed by atoms with E-state index >= 15 is 0 Å². The number of likely N-dealkylation sites (tertiary alicyclic amines) is 1. The van der Waals surface area contributed by atoms with Crippen molar-refractivity contribution < 1.29 is 35.9 Å². The van der Waals surface area contributed by atoms with Crippen molar-refractivity contribution in [1.29, 1.82) is 0 Å². The molecule has 2 aliphatic heterocycles. The van der Waals surface area contributed by atoms with Gasteiger partial charge in [0.1, 0.15) is 17.5 Å². The van der Waals surface area contributed by atoms with Crippen LogP contribution in [0.2, 0.25) is 0 Å². The van der Waals surface area contributed by atoms with E-state index in [2.05, 4.69) is 0 Å². The van der Waals surface area contributed by atoms with E-state index in [9.17, 15) is 26.4 Å². The Morgan fingerprint density at radius 2 is 1.58 bits per heavy atom. The normalized spacial score (nSPS) is 20.2. The summed E-state index contributed by atoms with van der Waals surface area (Å²) in [6, 6.07) is 11.4. The fraction of sp³-hybridized carbons (Fsp3) is 0.435. The third kappa shape index (κ3) is 5.01. The summed E-state index contributed by atoms with van der Waals surface area (Å²) in [6.07, 6.45) is -3.44. The molecule has 0 spiro atoms. The van der Waals surface area contributed by atoms with Gasteiger partial charge in [0.05, 0.1) is 17.1 Å². The fourth-order valence-corrected chi connectivity index (χ4v) is 6.17. The number of halogens is 3. The van der Waals surface area contributed by atoms with Gasteiger partial charge < -0.3 is 14.4 Å². The first kappa shape index (κ1) is 23.6. The second-order valence-electron chi connectivity index (χ2n) is 8.44. The van der Waals surface area contributed by atoms with Crippen molar-refractivity contribution in [2.75, 3.05) is 31.7 Å². The molecule has 0 N–H and O–H groups in total. The highest BCUT2D eigenvalue weighted by atomic mass is 32.2. The van der Waals surface area contributed by atoms with E-state index in [1.54, 1.807) is 29.2 Å². The smallest absolute Gasteiger partial charge is 0.416 e. The maximum atomic E-state index is 12.9. The molecule has 0 unspecified atom stereocenters. The molecule has 2 heterocycles. The van der Waals surface area contributed by atoms with Gasteiger partial charge in [-0.2, -0.15) is 13.2 Å². The molecule has 2 aliphatic rings. The lowest BCUT2D eigenvalue weighted by atomic mass is 9.95. The third-order valence-corrected chi connectivity index (χ3v) is 7.98. The molecular formula is C23H24F3NO5S. The summed E-state index contributed by atoms with van der Waals surface area (Å²) in [6.45, 7) is 0.929. The molecule has 4 rings (SSSR count). The van der Waals surface area contributed by atoms with Crippen LogP contribution in [0.4, 0.5) is 13.2 Å². The van der Waals surface area contributed by atoms with Gasteiger partial charge in [-0.05, 0) is 42.0 Å². The van der Waals surface area contributed by atoms with Gasteiger partial charge in [-0.25, -0.2) is 8.42 Å². The Labute approximate surface area is 190 Å². The number of sulfone groups is 1. The number of hydrogen-bond donors (Lipinski definition) is 0. The predicted molar refractivity (Wildman–Crippen MR) is 115 cm³/mol. The van der Waals surface area contributed by atoms with Crippen molar-refractivity contribution in [2.45, 2.75) is 30.7 Å². The van der Waals surface area contributed by atoms with E-state index in [0.717, 1.165) is 17.7 Å². The van der Waals surface area contributed by atoms with Crippen LogP contribution in [-0.4, -0.2) is 57.0 Å². The zero-order valence-electron chi connectivity index (χ0n) is 18.0. The van der Waals surface area contributed by atoms with Crippen LogP contribution in [0.25, 0.3) is 0 Å². The Bertz CT molecular complexity index is 1090. The molecule has 2 aromatic carbocycles. The summed E-state index contributed by atoms with van der Waals surface area (Å²) in [5, 5.41) is 0. The van der Waals surface area contributed by atoms with Crippen molar-refractivity contribution in [3.8, 4) is 5.75 Å². The number of carbonyl (C=O) groups is 1. The Hall–Kier alpha value is -2.59. The molecule has 0 aromatic heterocycles. The molecule has 10 heteroatoms. The summed E-state index contributed by atoms with van der Waals surface area (Å²) in [4.78, 5) is 14.6. The van der Waals surface area contributed by atoms with Gasteiger partial charge in [0.2, 0.25) is 0 Å². The van der Waals surface area contributed by atoms with Gasteiger partial charge in [0.15, 0.2) is 9.84 Å². The average Bonchev–Trinajstić information content (AvgIpc) is 2.77. The van der Waals surface area contributed by atoms with Crippen LogP contribution in [0, 0.1) is 0 Å². The molecule has 0 radical (unpaired) electrons. The fourth-order valence-electron chi connectivity index (χ4n) is 4.26. The highest BCUT2D eigenvalue weighted by Gasteiger charge is 2.50. The number of ether oxygens (including phenoxy) is 2. The third-order valence-electron chi connectivity index (χ3n) is 6.17. The van der Waals surface area contributed by atoms with Crippen molar-refractivity contribution in [2.24, 2.45) is 0 Å². The molecule has 0 aliphatic carbocycles. The number of piperidine rings is 1. The largest absolute Gasteiger partial charge is 0.490 e. The first-order valence-electron chi connectivity index (χ1n) is 10.5. The van der Waals surface area contributed by atoms with Crippen LogP contribution in [0.5, 0.6) is 5.75 Å². The minimum atomic E-state index is -4.39. The summed E-state index contributed by atoms with van der Waals surface area (Å²) < 4.78 is 72.5. The number of amides is 1. The van der Waals surface area contributed by atoms with Gasteiger partial charge >= 0.3 is 6.18 Å². The Morgan fingerprint density at radius 3 is 2.06 bits per heavy atom. The average molecular weight is 484 g/mol. The lowest BCUT2D eigenvalue weighted by Crippen LogP contribution is -2.53. The lowest BCUT2D eigenvalue weighted by Gasteiger charge is -2.40. The topological polar surface area (TPSA) is 72.9 Å². The highest BCUT2D eigenvalue weighted by Crippen LogP contribution is 2.37. The van der Waals surface area contributed by atoms with Gasteiger partial charge in [-0.3, -0.25) is 4.79 Å². The molecule has 33 heavy (non-hydrogen) atoms. The van der Waals surface area contributed by atoms with E-state index in [4.69, 9.17) is 9.47 Å². The van der Waals surface area contributed by atoms with Crippen molar-refractivity contribution >= 4 is 15.7 Å². The van der Waals surface area contributed by atoms with E-state index in [-0.39, 0.29) is 23.5 Å². The minimum absolute atomic E-state index is 0.0732. The van der Waals surface area contributed by atoms with Crippen molar-refractivity contribution in [3.63, 3.8) is 0 Å². The van der Waals surface area contributed by atoms with Crippen LogP contribution >= 0.6 is 0 Å². The number of hydrogen-bond acceptors (Lipinski definition) is 5. The van der Waals surface area contributed by atoms with Gasteiger partial charge in [-0.1, -0.05) is 12.1 Å². The Kier molecular flexibility index (Phi) is 6.17. The molecule has 0 atom stereocenters. The molecule has 178 valence electrons. The predicted octanol–water partition coefficient (Wildman–Crippen LogP) is 3.66. The quantitative estimate of drug-likeness (QED) is 0.649. The monoisotopic (exact) mass is 483 g/mol. The number of methoxy groups -OCH3 is 1. The van der Waals surface area contributed by atoms with Crippen LogP contribution < -0.4 is 4.74 Å². The summed E-state index contributed by atoms with van der Waals surface area (Å²) in [5.74, 6) is 0.0858. The van der Waals surface area contributed by atoms with E-state index in [0.29, 0.717) is 37.2 Å². The first-order chi connectivity index (χ1) is 15.5. The van der Waals surface area contributed by atoms with Crippen LogP contribution in [0.3, 0.4) is 0 Å². The zero-order valence-corrected chi connectivity index (χ0v) is 18.8. The van der Waals surface area contributed by atoms with E-state index < -0.39 is 27.2 Å². The summed E-state index contributed by atoms with van der Waals surface area (Å²) in [5.41, 5.74) is -0.361. The summed E-state index contributed by atoms with van der Waals surface area (Å²) >= 11 is 0. The molecule has 1 amide bonds. The molecular weight excluding hydrogens is 459 g/mol. The molecule has 2 fully saturated rings. The standard InChI is InChI=1S/C23H24F3NO5S/c1-31-22(14-33(29,30)15-22)17-4-2-16(3-5-17)21(28)27-12-10-20(11-13-27)32-19-8-6-18(7-9-19)23(24,25)26/h2-9,20H,10-15H2,1H3. The minimum Gasteiger partial charge on any atom is -0.490 e. The Morgan fingerprint density at radius 1 is 1.00 bits per heavy atom. The molecule has 0 saturated carbocycles. The SMILES string of the molecule is COC1(c2ccc(C(=O)N3CCC(Oc4ccc(C(F)(F)F)cc4)CC3)cc2)CS(=O)(=O)C1. The zero-order chi connectivity index (χ0) is 23.9. The second-order valence-corrected chi connectivity index (χ2v) is 10.5. The van der Waals surface area contributed by atoms with Crippen LogP contribution in [0.15, 0.2) is 48.5 Å². The Balaban J connectivity index is 1.32. The number of nitrogens with zero attached hydrogens (tertiary/aromatic N) is 1. The highest BCUT2D eigenvalue weighted by molar-refractivity contribution is 7.92. The van der Waals surface area contributed by atoms with Gasteiger partial charge in [0.25, 0.3) is 5.91 Å². The molecule has 6 nitrogen and oxygen atoms in total. The van der Waals surface area contributed by atoms with Crippen LogP contribution in [0.1, 0.15) is 34.3 Å². The van der Waals surface area contributed by atoms with E-state index in [1.165, 1.54) is 19.2 Å². The van der Waals surface area contributed by atoms with Crippen LogP contribution in [-0.2, 0) is 26.4 Å². The van der Waals surface area contributed by atoms with Gasteiger partial charge in [0, 0.05) is 38.6 Å². The van der Waals surface area contributed by atoms with Crippen molar-refractivity contribution in [3.05, 3.63) is 65.2 Å². The maximum Gasteiger partial charge on any atom is 0.416 e. The molecule has 2 aromatic rings.